The fourth-order valence-electron chi connectivity index (χ4n) is 3.89. The van der Waals surface area contributed by atoms with Gasteiger partial charge in [-0.05, 0) is 25.0 Å². The van der Waals surface area contributed by atoms with Crippen LogP contribution < -0.4 is 10.2 Å². The lowest BCUT2D eigenvalue weighted by molar-refractivity contribution is -0.909. The molecular formula is C19H28N3O+. The molecular weight excluding hydrogens is 286 g/mol. The van der Waals surface area contributed by atoms with Crippen molar-refractivity contribution in [1.29, 1.82) is 0 Å². The molecule has 1 aromatic carbocycles. The van der Waals surface area contributed by atoms with Gasteiger partial charge in [-0.1, -0.05) is 18.2 Å². The number of rotatable bonds is 6. The first-order chi connectivity index (χ1) is 11.2. The van der Waals surface area contributed by atoms with Crippen molar-refractivity contribution in [2.24, 2.45) is 7.05 Å². The van der Waals surface area contributed by atoms with Gasteiger partial charge in [0, 0.05) is 43.4 Å². The van der Waals surface area contributed by atoms with Gasteiger partial charge in [0.2, 0.25) is 5.91 Å². The Morgan fingerprint density at radius 1 is 1.39 bits per heavy atom. The average molecular weight is 314 g/mol. The molecule has 3 rings (SSSR count). The van der Waals surface area contributed by atoms with Gasteiger partial charge in [0.05, 0.1) is 19.6 Å². The molecule has 0 spiro atoms. The molecule has 124 valence electrons. The van der Waals surface area contributed by atoms with Gasteiger partial charge in [0.15, 0.2) is 0 Å². The fourth-order valence-corrected chi connectivity index (χ4v) is 3.89. The highest BCUT2D eigenvalue weighted by molar-refractivity contribution is 5.84. The molecule has 0 radical (unpaired) electrons. The summed E-state index contributed by atoms with van der Waals surface area (Å²) in [5, 5.41) is 4.41. The quantitative estimate of drug-likeness (QED) is 0.829. The van der Waals surface area contributed by atoms with E-state index in [1.807, 2.05) is 0 Å². The molecule has 23 heavy (non-hydrogen) atoms. The molecule has 1 aliphatic rings. The van der Waals surface area contributed by atoms with Crippen LogP contribution in [0.1, 0.15) is 31.7 Å². The number of fused-ring (bicyclic) bond motifs is 1. The number of carbonyl (C=O) groups excluding carboxylic acids is 1. The third kappa shape index (κ3) is 3.58. The minimum Gasteiger partial charge on any atom is -0.350 e. The van der Waals surface area contributed by atoms with Gasteiger partial charge in [0.1, 0.15) is 6.04 Å². The topological polar surface area (TPSA) is 38.5 Å². The lowest BCUT2D eigenvalue weighted by atomic mass is 10.1. The Kier molecular flexibility index (Phi) is 5.01. The van der Waals surface area contributed by atoms with E-state index >= 15 is 0 Å². The van der Waals surface area contributed by atoms with Crippen molar-refractivity contribution in [2.45, 2.75) is 38.6 Å². The maximum atomic E-state index is 12.2. The highest BCUT2D eigenvalue weighted by Crippen LogP contribution is 2.21. The van der Waals surface area contributed by atoms with Crippen molar-refractivity contribution in [3.8, 4) is 0 Å². The second-order valence-corrected chi connectivity index (χ2v) is 6.69. The molecule has 2 unspecified atom stereocenters. The first-order valence-electron chi connectivity index (χ1n) is 8.83. The predicted molar refractivity (Wildman–Crippen MR) is 93.6 cm³/mol. The molecule has 2 atom stereocenters. The second-order valence-electron chi connectivity index (χ2n) is 6.69. The number of likely N-dealkylation sites (N-methyl/N-ethyl adjacent to an activating group) is 1. The molecule has 0 bridgehead atoms. The number of amides is 1. The summed E-state index contributed by atoms with van der Waals surface area (Å²) in [5.74, 6) is 0.181. The highest BCUT2D eigenvalue weighted by atomic mass is 16.1. The van der Waals surface area contributed by atoms with Crippen LogP contribution in [-0.2, 0) is 18.3 Å². The van der Waals surface area contributed by atoms with Gasteiger partial charge < -0.3 is 14.8 Å². The summed E-state index contributed by atoms with van der Waals surface area (Å²) < 4.78 is 2.14. The Morgan fingerprint density at radius 2 is 2.22 bits per heavy atom. The van der Waals surface area contributed by atoms with Crippen molar-refractivity contribution >= 4 is 16.8 Å². The average Bonchev–Trinajstić information content (AvgIpc) is 3.16. The number of nitrogens with one attached hydrogen (secondary N) is 2. The van der Waals surface area contributed by atoms with Crippen molar-refractivity contribution in [3.63, 3.8) is 0 Å². The Labute approximate surface area is 138 Å². The van der Waals surface area contributed by atoms with E-state index in [-0.39, 0.29) is 5.91 Å². The normalized spacial score (nSPS) is 21.0. The molecule has 2 N–H and O–H groups in total. The molecule has 1 aromatic heterocycles. The van der Waals surface area contributed by atoms with Gasteiger partial charge in [-0.2, -0.15) is 0 Å². The van der Waals surface area contributed by atoms with E-state index in [4.69, 9.17) is 0 Å². The molecule has 0 saturated carbocycles. The van der Waals surface area contributed by atoms with Crippen LogP contribution >= 0.6 is 0 Å². The van der Waals surface area contributed by atoms with E-state index in [1.54, 1.807) is 4.90 Å². The standard InChI is InChI=1S/C19H27N3O/c1-3-22-12-6-7-16(22)13-20-19(23)11-10-15-14-21(2)18-9-5-4-8-17(15)18/h4-5,8-9,14,16H,3,6-7,10-13H2,1-2H3,(H,20,23)/p+1. The number of likely N-dealkylation sites (tertiary alicyclic amines) is 1. The molecule has 0 aliphatic carbocycles. The van der Waals surface area contributed by atoms with Gasteiger partial charge >= 0.3 is 0 Å². The minimum atomic E-state index is 0.181. The Hall–Kier alpha value is -1.81. The number of carbonyl (C=O) groups is 1. The van der Waals surface area contributed by atoms with Crippen molar-refractivity contribution in [3.05, 3.63) is 36.0 Å². The second kappa shape index (κ2) is 7.18. The van der Waals surface area contributed by atoms with Crippen LogP contribution in [0, 0.1) is 0 Å². The van der Waals surface area contributed by atoms with Crippen molar-refractivity contribution < 1.29 is 9.69 Å². The number of benzene rings is 1. The van der Waals surface area contributed by atoms with Gasteiger partial charge in [-0.25, -0.2) is 0 Å². The number of para-hydroxylation sites is 1. The van der Waals surface area contributed by atoms with Crippen LogP contribution in [0.15, 0.2) is 30.5 Å². The fraction of sp³-hybridized carbons (Fsp3) is 0.526. The molecule has 4 heteroatoms. The molecule has 1 aliphatic heterocycles. The van der Waals surface area contributed by atoms with Crippen molar-refractivity contribution in [1.82, 2.24) is 9.88 Å². The molecule has 1 amide bonds. The molecule has 4 nitrogen and oxygen atoms in total. The monoisotopic (exact) mass is 314 g/mol. The smallest absolute Gasteiger partial charge is 0.220 e. The zero-order valence-corrected chi connectivity index (χ0v) is 14.3. The Morgan fingerprint density at radius 3 is 3.04 bits per heavy atom. The van der Waals surface area contributed by atoms with Crippen LogP contribution in [0.3, 0.4) is 0 Å². The van der Waals surface area contributed by atoms with Gasteiger partial charge in [-0.15, -0.1) is 0 Å². The minimum absolute atomic E-state index is 0.181. The van der Waals surface area contributed by atoms with Gasteiger partial charge in [0.25, 0.3) is 0 Å². The van der Waals surface area contributed by atoms with E-state index < -0.39 is 0 Å². The predicted octanol–water partition coefficient (Wildman–Crippen LogP) is 1.29. The SMILES string of the molecule is CC[NH+]1CCCC1CNC(=O)CCc1cn(C)c2ccccc12. The van der Waals surface area contributed by atoms with E-state index in [0.29, 0.717) is 12.5 Å². The zero-order valence-electron chi connectivity index (χ0n) is 14.3. The summed E-state index contributed by atoms with van der Waals surface area (Å²) in [6.07, 6.45) is 6.06. The van der Waals surface area contributed by atoms with Crippen LogP contribution in [0.5, 0.6) is 0 Å². The third-order valence-corrected chi connectivity index (χ3v) is 5.23. The van der Waals surface area contributed by atoms with Crippen LogP contribution in [-0.4, -0.2) is 36.2 Å². The summed E-state index contributed by atoms with van der Waals surface area (Å²) in [6, 6.07) is 9.00. The summed E-state index contributed by atoms with van der Waals surface area (Å²) in [7, 11) is 2.06. The largest absolute Gasteiger partial charge is 0.350 e. The lowest BCUT2D eigenvalue weighted by Gasteiger charge is -2.20. The number of aromatic nitrogens is 1. The van der Waals surface area contributed by atoms with Crippen LogP contribution in [0.25, 0.3) is 10.9 Å². The number of aryl methyl sites for hydroxylation is 2. The number of hydrogen-bond donors (Lipinski definition) is 2. The Balaban J connectivity index is 1.52. The molecule has 1 saturated heterocycles. The van der Waals surface area contributed by atoms with E-state index in [9.17, 15) is 4.79 Å². The summed E-state index contributed by atoms with van der Waals surface area (Å²) in [5.41, 5.74) is 2.50. The van der Waals surface area contributed by atoms with Crippen LogP contribution in [0.2, 0.25) is 0 Å². The maximum absolute atomic E-state index is 12.2. The Bertz CT molecular complexity index is 676. The maximum Gasteiger partial charge on any atom is 0.220 e. The summed E-state index contributed by atoms with van der Waals surface area (Å²) in [4.78, 5) is 13.8. The third-order valence-electron chi connectivity index (χ3n) is 5.23. The first-order valence-corrected chi connectivity index (χ1v) is 8.83. The molecule has 1 fully saturated rings. The number of nitrogens with zero attached hydrogens (tertiary/aromatic N) is 1. The first kappa shape index (κ1) is 16.1. The van der Waals surface area contributed by atoms with E-state index in [1.165, 1.54) is 35.9 Å². The molecule has 2 heterocycles. The molecule has 2 aromatic rings. The van der Waals surface area contributed by atoms with Gasteiger partial charge in [-0.3, -0.25) is 4.79 Å². The van der Waals surface area contributed by atoms with E-state index in [0.717, 1.165) is 19.5 Å². The number of quaternary nitrogens is 1. The summed E-state index contributed by atoms with van der Waals surface area (Å²) in [6.45, 7) is 5.48. The van der Waals surface area contributed by atoms with Crippen LogP contribution in [0.4, 0.5) is 0 Å². The van der Waals surface area contributed by atoms with E-state index in [2.05, 4.69) is 54.3 Å². The number of hydrogen-bond acceptors (Lipinski definition) is 1. The summed E-state index contributed by atoms with van der Waals surface area (Å²) >= 11 is 0. The zero-order chi connectivity index (χ0) is 16.2. The van der Waals surface area contributed by atoms with Crippen molar-refractivity contribution in [2.75, 3.05) is 19.6 Å². The lowest BCUT2D eigenvalue weighted by Crippen LogP contribution is -3.14. The highest BCUT2D eigenvalue weighted by Gasteiger charge is 2.26.